The van der Waals surface area contributed by atoms with Gasteiger partial charge < -0.3 is 4.42 Å². The lowest BCUT2D eigenvalue weighted by Crippen LogP contribution is -1.92. The van der Waals surface area contributed by atoms with E-state index >= 15 is 0 Å². The Balaban J connectivity index is 1.51. The summed E-state index contributed by atoms with van der Waals surface area (Å²) in [4.78, 5) is 0. The van der Waals surface area contributed by atoms with E-state index in [9.17, 15) is 6.85 Å². The van der Waals surface area contributed by atoms with Gasteiger partial charge in [0.25, 0.3) is 0 Å². The molecule has 43 heavy (non-hydrogen) atoms. The van der Waals surface area contributed by atoms with Crippen molar-refractivity contribution in [3.63, 3.8) is 0 Å². The molecule has 0 aliphatic heterocycles. The van der Waals surface area contributed by atoms with Crippen LogP contribution < -0.4 is 0 Å². The number of para-hydroxylation sites is 1. The van der Waals surface area contributed by atoms with Crippen LogP contribution in [0.3, 0.4) is 0 Å². The third-order valence-electron chi connectivity index (χ3n) is 7.80. The van der Waals surface area contributed by atoms with Gasteiger partial charge in [-0.2, -0.15) is 0 Å². The maximum atomic E-state index is 9.34. The molecule has 200 valence electrons. The number of fused-ring (bicyclic) bond motifs is 6. The molecule has 0 spiro atoms. The van der Waals surface area contributed by atoms with Crippen LogP contribution in [0.1, 0.15) is 20.6 Å². The van der Waals surface area contributed by atoms with E-state index in [4.69, 9.17) is 18.1 Å². The molecule has 8 aromatic carbocycles. The van der Waals surface area contributed by atoms with Gasteiger partial charge >= 0.3 is 0 Å². The molecule has 1 heteroatoms. The highest BCUT2D eigenvalue weighted by molar-refractivity contribution is 6.23. The Bertz CT molecular complexity index is 3260. The molecule has 0 radical (unpaired) electrons. The minimum absolute atomic E-state index is 0.0328. The van der Waals surface area contributed by atoms with E-state index in [1.807, 2.05) is 48.5 Å². The number of hydrogen-bond acceptors (Lipinski definition) is 1. The van der Waals surface area contributed by atoms with Crippen LogP contribution in [0, 0.1) is 0 Å². The molecule has 0 saturated heterocycles. The number of hydrogen-bond donors (Lipinski definition) is 0. The van der Waals surface area contributed by atoms with Crippen LogP contribution in [-0.4, -0.2) is 0 Å². The van der Waals surface area contributed by atoms with Gasteiger partial charge in [-0.1, -0.05) is 133 Å². The van der Waals surface area contributed by atoms with Crippen molar-refractivity contribution in [2.24, 2.45) is 0 Å². The highest BCUT2D eigenvalue weighted by atomic mass is 16.3. The van der Waals surface area contributed by atoms with E-state index in [2.05, 4.69) is 0 Å². The first-order valence-corrected chi connectivity index (χ1v) is 13.5. The normalized spacial score (nSPS) is 16.6. The van der Waals surface area contributed by atoms with Crippen LogP contribution in [-0.2, 0) is 0 Å². The summed E-state index contributed by atoms with van der Waals surface area (Å²) in [5.41, 5.74) is 2.37. The summed E-state index contributed by atoms with van der Waals surface area (Å²) in [7, 11) is 0. The van der Waals surface area contributed by atoms with E-state index in [-0.39, 0.29) is 32.7 Å². The molecule has 0 aliphatic rings. The molecule has 0 amide bonds. The molecular weight excluding hydrogens is 520 g/mol. The quantitative estimate of drug-likeness (QED) is 0.196. The molecule has 0 N–H and O–H groups in total. The Labute approximate surface area is 270 Å². The first-order chi connectivity index (χ1) is 27.6. The topological polar surface area (TPSA) is 13.1 Å². The van der Waals surface area contributed by atoms with Gasteiger partial charge in [-0.15, -0.1) is 0 Å². The van der Waals surface area contributed by atoms with Crippen molar-refractivity contribution in [2.75, 3.05) is 0 Å². The fraction of sp³-hybridized carbons (Fsp3) is 0. The van der Waals surface area contributed by atoms with E-state index in [0.29, 0.717) is 22.3 Å². The van der Waals surface area contributed by atoms with E-state index < -0.39 is 107 Å². The van der Waals surface area contributed by atoms with Gasteiger partial charge in [-0.25, -0.2) is 0 Å². The molecule has 0 bridgehead atoms. The molecule has 0 saturated carbocycles. The molecule has 9 aromatic rings. The summed E-state index contributed by atoms with van der Waals surface area (Å²) < 4.78 is 140. The summed E-state index contributed by atoms with van der Waals surface area (Å²) in [5.74, 6) is 0. The molecule has 0 fully saturated rings. The first kappa shape index (κ1) is 13.5. The van der Waals surface area contributed by atoms with E-state index in [1.54, 1.807) is 18.2 Å². The first-order valence-electron chi connectivity index (χ1n) is 21.0. The SMILES string of the molecule is [2H]c1c([2H])c([2H])c2c(-c3c4c([2H])c([2H])c([2H])c([2H])c4c(-c4cccc(-c5ccc6oc7ccccc7c6c5)c4)c4c([2H])c([2H])c([2H])c([2H])c34)c([2H])c([2H])c([2H])c2c1[2H]. The predicted octanol–water partition coefficient (Wildman–Crippen LogP) is 12.0. The number of rotatable bonds is 3. The van der Waals surface area contributed by atoms with Crippen LogP contribution in [0.15, 0.2) is 162 Å². The van der Waals surface area contributed by atoms with E-state index in [0.717, 1.165) is 16.3 Å². The van der Waals surface area contributed by atoms with Gasteiger partial charge in [0.15, 0.2) is 0 Å². The van der Waals surface area contributed by atoms with Crippen molar-refractivity contribution in [2.45, 2.75) is 0 Å². The maximum Gasteiger partial charge on any atom is 0.135 e. The Morgan fingerprint density at radius 1 is 0.395 bits per heavy atom. The average molecular weight is 562 g/mol. The van der Waals surface area contributed by atoms with Crippen molar-refractivity contribution in [3.8, 4) is 33.4 Å². The fourth-order valence-corrected chi connectivity index (χ4v) is 5.92. The van der Waals surface area contributed by atoms with Crippen LogP contribution in [0.4, 0.5) is 0 Å². The second-order valence-corrected chi connectivity index (χ2v) is 10.1. The second-order valence-electron chi connectivity index (χ2n) is 10.1. The van der Waals surface area contributed by atoms with Crippen LogP contribution in [0.25, 0.3) is 87.6 Å². The highest BCUT2D eigenvalue weighted by Gasteiger charge is 2.18. The molecule has 1 nitrogen and oxygen atoms in total. The Hall–Kier alpha value is -5.66. The van der Waals surface area contributed by atoms with Gasteiger partial charge in [-0.05, 0) is 90.0 Å². The largest absolute Gasteiger partial charge is 0.456 e. The predicted molar refractivity (Wildman–Crippen MR) is 183 cm³/mol. The molecule has 0 atom stereocenters. The summed E-state index contributed by atoms with van der Waals surface area (Å²) in [6.45, 7) is 0. The van der Waals surface area contributed by atoms with Gasteiger partial charge in [0.1, 0.15) is 11.2 Å². The van der Waals surface area contributed by atoms with Crippen LogP contribution in [0.5, 0.6) is 0 Å². The summed E-state index contributed by atoms with van der Waals surface area (Å²) in [6.07, 6.45) is 0. The molecular formula is C42H26O. The number of benzene rings is 8. The zero-order valence-corrected chi connectivity index (χ0v) is 22.3. The van der Waals surface area contributed by atoms with E-state index in [1.165, 1.54) is 0 Å². The maximum absolute atomic E-state index is 9.34. The zero-order valence-electron chi connectivity index (χ0n) is 37.3. The van der Waals surface area contributed by atoms with Crippen LogP contribution >= 0.6 is 0 Å². The Morgan fingerprint density at radius 3 is 1.79 bits per heavy atom. The smallest absolute Gasteiger partial charge is 0.135 e. The van der Waals surface area contributed by atoms with Gasteiger partial charge in [0.05, 0.1) is 20.6 Å². The van der Waals surface area contributed by atoms with Crippen molar-refractivity contribution >= 4 is 54.3 Å². The second kappa shape index (κ2) is 9.44. The minimum atomic E-state index is -0.755. The fourth-order valence-electron chi connectivity index (χ4n) is 5.92. The van der Waals surface area contributed by atoms with Crippen molar-refractivity contribution < 1.29 is 25.0 Å². The third kappa shape index (κ3) is 3.72. The Morgan fingerprint density at radius 2 is 1.00 bits per heavy atom. The Kier molecular flexibility index (Phi) is 2.97. The third-order valence-corrected chi connectivity index (χ3v) is 7.80. The van der Waals surface area contributed by atoms with Crippen molar-refractivity contribution in [3.05, 3.63) is 157 Å². The molecule has 1 aromatic heterocycles. The zero-order chi connectivity index (χ0) is 41.4. The molecule has 0 unspecified atom stereocenters. The van der Waals surface area contributed by atoms with Gasteiger partial charge in [0, 0.05) is 10.8 Å². The minimum Gasteiger partial charge on any atom is -0.456 e. The highest BCUT2D eigenvalue weighted by Crippen LogP contribution is 2.45. The van der Waals surface area contributed by atoms with Crippen LogP contribution in [0.2, 0.25) is 0 Å². The lowest BCUT2D eigenvalue weighted by Gasteiger charge is -2.19. The van der Waals surface area contributed by atoms with Crippen molar-refractivity contribution in [1.29, 1.82) is 0 Å². The molecule has 1 heterocycles. The molecule has 9 rings (SSSR count). The number of furan rings is 1. The molecule has 0 aliphatic carbocycles. The van der Waals surface area contributed by atoms with Crippen molar-refractivity contribution in [1.82, 2.24) is 0 Å². The lowest BCUT2D eigenvalue weighted by atomic mass is 9.84. The summed E-state index contributed by atoms with van der Waals surface area (Å²) in [6, 6.07) is 10.1. The van der Waals surface area contributed by atoms with Gasteiger partial charge in [0.2, 0.25) is 0 Å². The summed E-state index contributed by atoms with van der Waals surface area (Å²) in [5, 5.41) is -0.0328. The van der Waals surface area contributed by atoms with Gasteiger partial charge in [-0.3, -0.25) is 0 Å². The standard InChI is InChI=1S/C42H26O/c1-2-15-31-27(11-1)12-10-21-33(31)42-36-19-5-3-17-34(36)41(35-18-4-6-20-37(35)42)30-14-9-13-28(25-30)29-23-24-40-38(26-29)32-16-7-8-22-39(32)43-40/h1-26H/i1D,2D,3D,4D,5D,6D,10D,11D,12D,15D,17D,18D,19D,20D,21D. The monoisotopic (exact) mass is 561 g/mol. The summed E-state index contributed by atoms with van der Waals surface area (Å²) >= 11 is 0. The lowest BCUT2D eigenvalue weighted by molar-refractivity contribution is 0.669. The average Bonchev–Trinajstić information content (AvgIpc) is 3.61.